The van der Waals surface area contributed by atoms with Crippen LogP contribution in [0.4, 0.5) is 0 Å². The average molecular weight is 385 g/mol. The van der Waals surface area contributed by atoms with E-state index < -0.39 is 5.97 Å². The number of fused-ring (bicyclic) bond motifs is 1. The van der Waals surface area contributed by atoms with E-state index in [2.05, 4.69) is 0 Å². The monoisotopic (exact) mass is 385 g/mol. The van der Waals surface area contributed by atoms with Crippen LogP contribution in [-0.4, -0.2) is 37.9 Å². The molecule has 0 unspecified atom stereocenters. The van der Waals surface area contributed by atoms with Crippen molar-refractivity contribution in [3.8, 4) is 5.75 Å². The first-order valence-corrected chi connectivity index (χ1v) is 9.04. The minimum atomic E-state index is -0.977. The van der Waals surface area contributed by atoms with E-state index in [4.69, 9.17) is 17.3 Å². The third-order valence-electron chi connectivity index (χ3n) is 3.88. The second kappa shape index (κ2) is 7.72. The van der Waals surface area contributed by atoms with E-state index in [1.165, 1.54) is 4.90 Å². The van der Waals surface area contributed by atoms with Crippen molar-refractivity contribution in [1.29, 1.82) is 0 Å². The molecule has 5 nitrogen and oxygen atoms in total. The lowest BCUT2D eigenvalue weighted by atomic mass is 10.0. The fraction of sp³-hybridized carbons (Fsp3) is 0.105. The predicted octanol–water partition coefficient (Wildman–Crippen LogP) is 3.78. The fourth-order valence-electron chi connectivity index (χ4n) is 2.61. The molecular formula is C19H15NO4S2. The van der Waals surface area contributed by atoms with Gasteiger partial charge in [0.1, 0.15) is 10.1 Å². The Kier molecular flexibility index (Phi) is 5.39. The lowest BCUT2D eigenvalue weighted by Gasteiger charge is -2.12. The summed E-state index contributed by atoms with van der Waals surface area (Å²) < 4.78 is 0.351. The van der Waals surface area contributed by atoms with Crippen LogP contribution in [0.25, 0.3) is 16.8 Å². The first kappa shape index (κ1) is 18.2. The Bertz CT molecular complexity index is 965. The van der Waals surface area contributed by atoms with E-state index in [1.807, 2.05) is 30.3 Å². The van der Waals surface area contributed by atoms with Crippen molar-refractivity contribution < 1.29 is 19.8 Å². The van der Waals surface area contributed by atoms with E-state index in [9.17, 15) is 14.7 Å². The maximum Gasteiger partial charge on any atom is 0.305 e. The minimum absolute atomic E-state index is 0.0607. The average Bonchev–Trinajstić information content (AvgIpc) is 2.88. The molecule has 1 aliphatic heterocycles. The summed E-state index contributed by atoms with van der Waals surface area (Å²) in [6.07, 6.45) is 4.90. The standard InChI is InChI=1S/C19H15NO4S2/c21-15-9-8-12-4-1-2-5-13(12)14(15)6-3-7-16-18(24)20(19(25)26-16)11-10-17(22)23/h1-9,21H,10-11H2,(H,22,23). The third kappa shape index (κ3) is 3.79. The first-order chi connectivity index (χ1) is 12.5. The minimum Gasteiger partial charge on any atom is -0.507 e. The molecule has 2 aromatic rings. The van der Waals surface area contributed by atoms with Crippen molar-refractivity contribution in [2.45, 2.75) is 6.42 Å². The number of nitrogens with zero attached hydrogens (tertiary/aromatic N) is 1. The number of carbonyl (C=O) groups excluding carboxylic acids is 1. The number of thiocarbonyl (C=S) groups is 1. The molecule has 3 rings (SSSR count). The Morgan fingerprint density at radius 2 is 2.00 bits per heavy atom. The predicted molar refractivity (Wildman–Crippen MR) is 107 cm³/mol. The van der Waals surface area contributed by atoms with Gasteiger partial charge in [0, 0.05) is 12.1 Å². The highest BCUT2D eigenvalue weighted by Gasteiger charge is 2.31. The van der Waals surface area contributed by atoms with Crippen molar-refractivity contribution in [1.82, 2.24) is 4.90 Å². The van der Waals surface area contributed by atoms with Gasteiger partial charge in [-0.3, -0.25) is 14.5 Å². The van der Waals surface area contributed by atoms with Crippen molar-refractivity contribution in [3.05, 3.63) is 59.0 Å². The lowest BCUT2D eigenvalue weighted by Crippen LogP contribution is -2.30. The normalized spacial score (nSPS) is 16.3. The van der Waals surface area contributed by atoms with E-state index in [-0.39, 0.29) is 24.6 Å². The highest BCUT2D eigenvalue weighted by atomic mass is 32.2. The number of carbonyl (C=O) groups is 2. The zero-order chi connectivity index (χ0) is 18.7. The number of aliphatic carboxylic acids is 1. The molecule has 1 saturated heterocycles. The van der Waals surface area contributed by atoms with Crippen LogP contribution >= 0.6 is 24.0 Å². The zero-order valence-corrected chi connectivity index (χ0v) is 15.2. The number of phenolic OH excluding ortho intramolecular Hbond substituents is 1. The number of amides is 1. The number of carboxylic acid groups (broad SMARTS) is 1. The molecule has 1 aliphatic rings. The van der Waals surface area contributed by atoms with Gasteiger partial charge in [-0.05, 0) is 22.9 Å². The number of hydrogen-bond donors (Lipinski definition) is 2. The maximum absolute atomic E-state index is 12.3. The summed E-state index contributed by atoms with van der Waals surface area (Å²) >= 11 is 6.28. The van der Waals surface area contributed by atoms with Crippen molar-refractivity contribution >= 4 is 57.0 Å². The Hall–Kier alpha value is -2.64. The zero-order valence-electron chi connectivity index (χ0n) is 13.6. The molecule has 1 amide bonds. The first-order valence-electron chi connectivity index (χ1n) is 7.82. The molecule has 1 heterocycles. The summed E-state index contributed by atoms with van der Waals surface area (Å²) in [6.45, 7) is 0.0607. The molecule has 0 spiro atoms. The molecule has 1 fully saturated rings. The Balaban J connectivity index is 1.82. The van der Waals surface area contributed by atoms with E-state index in [0.717, 1.165) is 22.5 Å². The van der Waals surface area contributed by atoms with Crippen molar-refractivity contribution in [2.24, 2.45) is 0 Å². The summed E-state index contributed by atoms with van der Waals surface area (Å²) in [5.41, 5.74) is 0.667. The van der Waals surface area contributed by atoms with Gasteiger partial charge in [0.2, 0.25) is 0 Å². The molecule has 7 heteroatoms. The van der Waals surface area contributed by atoms with Crippen LogP contribution in [-0.2, 0) is 9.59 Å². The largest absolute Gasteiger partial charge is 0.507 e. The summed E-state index contributed by atoms with van der Waals surface area (Å²) in [5, 5.41) is 20.8. The molecule has 0 bridgehead atoms. The lowest BCUT2D eigenvalue weighted by molar-refractivity contribution is -0.137. The Labute approximate surface area is 159 Å². The Morgan fingerprint density at radius 1 is 1.23 bits per heavy atom. The quantitative estimate of drug-likeness (QED) is 0.602. The number of thioether (sulfide) groups is 1. The summed E-state index contributed by atoms with van der Waals surface area (Å²) in [5.74, 6) is -1.12. The van der Waals surface area contributed by atoms with Crippen LogP contribution in [0.15, 0.2) is 53.5 Å². The summed E-state index contributed by atoms with van der Waals surface area (Å²) in [4.78, 5) is 24.7. The molecule has 0 atom stereocenters. The van der Waals surface area contributed by atoms with Gasteiger partial charge in [0.05, 0.1) is 11.3 Å². The number of allylic oxidation sites excluding steroid dienone is 2. The highest BCUT2D eigenvalue weighted by molar-refractivity contribution is 8.26. The molecule has 2 N–H and O–H groups in total. The molecule has 0 aromatic heterocycles. The Morgan fingerprint density at radius 3 is 2.77 bits per heavy atom. The summed E-state index contributed by atoms with van der Waals surface area (Å²) in [6, 6.07) is 11.2. The van der Waals surface area contributed by atoms with Gasteiger partial charge in [-0.1, -0.05) is 66.5 Å². The van der Waals surface area contributed by atoms with Gasteiger partial charge in [-0.15, -0.1) is 0 Å². The molecule has 0 aliphatic carbocycles. The van der Waals surface area contributed by atoms with E-state index in [1.54, 1.807) is 24.3 Å². The molecule has 132 valence electrons. The van der Waals surface area contributed by atoms with Gasteiger partial charge in [0.15, 0.2) is 0 Å². The second-order valence-electron chi connectivity index (χ2n) is 5.58. The molecule has 0 radical (unpaired) electrons. The maximum atomic E-state index is 12.3. The third-order valence-corrected chi connectivity index (χ3v) is 5.28. The number of hydrogen-bond acceptors (Lipinski definition) is 5. The number of rotatable bonds is 5. The topological polar surface area (TPSA) is 77.8 Å². The van der Waals surface area contributed by atoms with Crippen LogP contribution in [0.1, 0.15) is 12.0 Å². The van der Waals surface area contributed by atoms with Gasteiger partial charge >= 0.3 is 5.97 Å². The van der Waals surface area contributed by atoms with Gasteiger partial charge < -0.3 is 10.2 Å². The number of carboxylic acids is 1. The second-order valence-corrected chi connectivity index (χ2v) is 7.25. The van der Waals surface area contributed by atoms with Crippen LogP contribution < -0.4 is 0 Å². The van der Waals surface area contributed by atoms with Crippen LogP contribution in [0.2, 0.25) is 0 Å². The summed E-state index contributed by atoms with van der Waals surface area (Å²) in [7, 11) is 0. The van der Waals surface area contributed by atoms with Crippen LogP contribution in [0.5, 0.6) is 5.75 Å². The molecule has 2 aromatic carbocycles. The van der Waals surface area contributed by atoms with Crippen molar-refractivity contribution in [3.63, 3.8) is 0 Å². The molecule has 0 saturated carbocycles. The molecule has 26 heavy (non-hydrogen) atoms. The molecular weight excluding hydrogens is 370 g/mol. The van der Waals surface area contributed by atoms with E-state index >= 15 is 0 Å². The smallest absolute Gasteiger partial charge is 0.305 e. The fourth-order valence-corrected chi connectivity index (χ4v) is 3.87. The number of phenols is 1. The van der Waals surface area contributed by atoms with Crippen LogP contribution in [0.3, 0.4) is 0 Å². The number of aromatic hydroxyl groups is 1. The van der Waals surface area contributed by atoms with Crippen LogP contribution in [0, 0.1) is 0 Å². The van der Waals surface area contributed by atoms with Gasteiger partial charge in [-0.2, -0.15) is 0 Å². The van der Waals surface area contributed by atoms with Crippen molar-refractivity contribution in [2.75, 3.05) is 6.54 Å². The van der Waals surface area contributed by atoms with E-state index in [0.29, 0.717) is 14.8 Å². The van der Waals surface area contributed by atoms with Gasteiger partial charge in [-0.25, -0.2) is 0 Å². The SMILES string of the molecule is O=C(O)CCN1C(=O)C(=CC=Cc2c(O)ccc3ccccc23)SC1=S. The highest BCUT2D eigenvalue weighted by Crippen LogP contribution is 2.32. The van der Waals surface area contributed by atoms with Gasteiger partial charge in [0.25, 0.3) is 5.91 Å². The number of benzene rings is 2.